The van der Waals surface area contributed by atoms with Crippen molar-refractivity contribution in [3.8, 4) is 0 Å². The molecule has 2 atom stereocenters. The largest absolute Gasteiger partial charge is 0.390 e. The van der Waals surface area contributed by atoms with Crippen molar-refractivity contribution >= 4 is 5.78 Å². The predicted molar refractivity (Wildman–Crippen MR) is 93.0 cm³/mol. The molecule has 2 N–H and O–H groups in total. The number of hydrogen-bond acceptors (Lipinski definition) is 3. The highest BCUT2D eigenvalue weighted by Crippen LogP contribution is 2.15. The number of ketones is 1. The van der Waals surface area contributed by atoms with Crippen LogP contribution in [0, 0.1) is 0 Å². The van der Waals surface area contributed by atoms with E-state index in [4.69, 9.17) is 0 Å². The Hall–Kier alpha value is -0.410. The van der Waals surface area contributed by atoms with Crippen LogP contribution in [0.2, 0.25) is 0 Å². The lowest BCUT2D eigenvalue weighted by Gasteiger charge is -2.17. The van der Waals surface area contributed by atoms with E-state index < -0.39 is 12.2 Å². The molecule has 0 aromatic carbocycles. The van der Waals surface area contributed by atoms with Gasteiger partial charge in [-0.2, -0.15) is 0 Å². The van der Waals surface area contributed by atoms with E-state index >= 15 is 0 Å². The highest BCUT2D eigenvalue weighted by molar-refractivity contribution is 5.75. The Kier molecular flexibility index (Phi) is 15.2. The van der Waals surface area contributed by atoms with Gasteiger partial charge in [0.15, 0.2) is 0 Å². The molecule has 0 rings (SSSR count). The molecule has 0 saturated carbocycles. The van der Waals surface area contributed by atoms with Crippen molar-refractivity contribution in [1.82, 2.24) is 0 Å². The maximum atomic E-state index is 10.8. The van der Waals surface area contributed by atoms with Crippen LogP contribution in [0.25, 0.3) is 0 Å². The number of aliphatic hydroxyl groups excluding tert-OH is 2. The van der Waals surface area contributed by atoms with E-state index in [2.05, 4.69) is 6.92 Å². The first kappa shape index (κ1) is 21.6. The van der Waals surface area contributed by atoms with E-state index in [-0.39, 0.29) is 5.78 Å². The Morgan fingerprint density at radius 1 is 0.727 bits per heavy atom. The first-order chi connectivity index (χ1) is 10.6. The van der Waals surface area contributed by atoms with Gasteiger partial charge in [-0.3, -0.25) is 0 Å². The third kappa shape index (κ3) is 14.5. The van der Waals surface area contributed by atoms with Gasteiger partial charge >= 0.3 is 0 Å². The van der Waals surface area contributed by atoms with Crippen LogP contribution in [0.5, 0.6) is 0 Å². The minimum absolute atomic E-state index is 0.272. The van der Waals surface area contributed by atoms with Gasteiger partial charge in [-0.25, -0.2) is 0 Å². The van der Waals surface area contributed by atoms with Gasteiger partial charge in [-0.1, -0.05) is 71.1 Å². The van der Waals surface area contributed by atoms with Crippen molar-refractivity contribution in [1.29, 1.82) is 0 Å². The summed E-state index contributed by atoms with van der Waals surface area (Å²) in [5, 5.41) is 19.9. The van der Waals surface area contributed by atoms with Crippen LogP contribution < -0.4 is 0 Å². The predicted octanol–water partition coefficient (Wildman–Crippen LogP) is 4.78. The molecular formula is C19H38O3. The number of aliphatic hydroxyl groups is 2. The van der Waals surface area contributed by atoms with Crippen LogP contribution >= 0.6 is 0 Å². The molecule has 3 nitrogen and oxygen atoms in total. The first-order valence-electron chi connectivity index (χ1n) is 9.43. The van der Waals surface area contributed by atoms with Gasteiger partial charge in [-0.15, -0.1) is 0 Å². The number of carbonyl (C=O) groups is 1. The average Bonchev–Trinajstić information content (AvgIpc) is 2.49. The molecular weight excluding hydrogens is 276 g/mol. The quantitative estimate of drug-likeness (QED) is 0.403. The zero-order valence-corrected chi connectivity index (χ0v) is 14.9. The SMILES string of the molecule is CCCCCCCCC(O)C(O)CCCCCCCC(C)=O. The van der Waals surface area contributed by atoms with Crippen LogP contribution in [-0.4, -0.2) is 28.2 Å². The monoisotopic (exact) mass is 314 g/mol. The van der Waals surface area contributed by atoms with E-state index in [1.165, 1.54) is 32.1 Å². The molecule has 0 aliphatic rings. The third-order valence-electron chi connectivity index (χ3n) is 4.33. The summed E-state index contributed by atoms with van der Waals surface area (Å²) in [6, 6.07) is 0. The van der Waals surface area contributed by atoms with Gasteiger partial charge < -0.3 is 15.0 Å². The molecule has 2 unspecified atom stereocenters. The number of carbonyl (C=O) groups excluding carboxylic acids is 1. The molecule has 0 heterocycles. The summed E-state index contributed by atoms with van der Waals surface area (Å²) in [6.07, 6.45) is 13.5. The van der Waals surface area contributed by atoms with Crippen molar-refractivity contribution in [2.75, 3.05) is 0 Å². The van der Waals surface area contributed by atoms with Gasteiger partial charge in [0, 0.05) is 6.42 Å². The van der Waals surface area contributed by atoms with E-state index in [9.17, 15) is 15.0 Å². The Labute approximate surface area is 137 Å². The highest BCUT2D eigenvalue weighted by Gasteiger charge is 2.15. The summed E-state index contributed by atoms with van der Waals surface area (Å²) in [7, 11) is 0. The highest BCUT2D eigenvalue weighted by atomic mass is 16.3. The molecule has 0 aromatic rings. The maximum absolute atomic E-state index is 10.8. The molecule has 0 amide bonds. The van der Waals surface area contributed by atoms with E-state index in [1.807, 2.05) is 0 Å². The first-order valence-corrected chi connectivity index (χ1v) is 9.43. The molecule has 0 aromatic heterocycles. The molecule has 0 fully saturated rings. The number of rotatable bonds is 16. The fourth-order valence-corrected chi connectivity index (χ4v) is 2.78. The van der Waals surface area contributed by atoms with Crippen LogP contribution in [0.1, 0.15) is 104 Å². The van der Waals surface area contributed by atoms with Crippen LogP contribution in [0.3, 0.4) is 0 Å². The third-order valence-corrected chi connectivity index (χ3v) is 4.33. The molecule has 3 heteroatoms. The summed E-state index contributed by atoms with van der Waals surface area (Å²) >= 11 is 0. The zero-order chi connectivity index (χ0) is 16.6. The molecule has 0 aliphatic carbocycles. The number of unbranched alkanes of at least 4 members (excludes halogenated alkanes) is 9. The van der Waals surface area contributed by atoms with Crippen molar-refractivity contribution in [3.63, 3.8) is 0 Å². The lowest BCUT2D eigenvalue weighted by Crippen LogP contribution is -2.25. The summed E-state index contributed by atoms with van der Waals surface area (Å²) in [4.78, 5) is 10.8. The Balaban J connectivity index is 3.38. The average molecular weight is 315 g/mol. The topological polar surface area (TPSA) is 57.5 Å². The normalized spacial score (nSPS) is 14.0. The van der Waals surface area contributed by atoms with Gasteiger partial charge in [0.05, 0.1) is 12.2 Å². The van der Waals surface area contributed by atoms with E-state index in [0.717, 1.165) is 44.9 Å². The van der Waals surface area contributed by atoms with Gasteiger partial charge in [0.1, 0.15) is 5.78 Å². The Morgan fingerprint density at radius 3 is 1.59 bits per heavy atom. The Morgan fingerprint density at radius 2 is 1.14 bits per heavy atom. The maximum Gasteiger partial charge on any atom is 0.129 e. The van der Waals surface area contributed by atoms with Crippen molar-refractivity contribution in [2.24, 2.45) is 0 Å². The molecule has 22 heavy (non-hydrogen) atoms. The molecule has 0 radical (unpaired) electrons. The van der Waals surface area contributed by atoms with Gasteiger partial charge in [0.25, 0.3) is 0 Å². The Bertz CT molecular complexity index is 253. The minimum Gasteiger partial charge on any atom is -0.390 e. The van der Waals surface area contributed by atoms with Crippen LogP contribution in [0.4, 0.5) is 0 Å². The summed E-state index contributed by atoms with van der Waals surface area (Å²) in [6.45, 7) is 3.85. The van der Waals surface area contributed by atoms with Gasteiger partial charge in [0.2, 0.25) is 0 Å². The standard InChI is InChI=1S/C19H38O3/c1-3-4-5-6-9-12-15-18(21)19(22)16-13-10-7-8-11-14-17(2)20/h18-19,21-22H,3-16H2,1-2H3. The molecule has 0 spiro atoms. The fraction of sp³-hybridized carbons (Fsp3) is 0.947. The number of hydrogen-bond donors (Lipinski definition) is 2. The van der Waals surface area contributed by atoms with Crippen LogP contribution in [-0.2, 0) is 4.79 Å². The van der Waals surface area contributed by atoms with E-state index in [1.54, 1.807) is 6.92 Å². The lowest BCUT2D eigenvalue weighted by atomic mass is 9.99. The zero-order valence-electron chi connectivity index (χ0n) is 14.9. The lowest BCUT2D eigenvalue weighted by molar-refractivity contribution is -0.117. The molecule has 0 saturated heterocycles. The second kappa shape index (κ2) is 15.5. The second-order valence-electron chi connectivity index (χ2n) is 6.70. The molecule has 132 valence electrons. The fourth-order valence-electron chi connectivity index (χ4n) is 2.78. The number of Topliss-reactive ketones (excluding diaryl/α,β-unsaturated/α-hetero) is 1. The van der Waals surface area contributed by atoms with Crippen LogP contribution in [0.15, 0.2) is 0 Å². The minimum atomic E-state index is -0.562. The van der Waals surface area contributed by atoms with Crippen molar-refractivity contribution < 1.29 is 15.0 Å². The van der Waals surface area contributed by atoms with Crippen molar-refractivity contribution in [2.45, 2.75) is 116 Å². The summed E-state index contributed by atoms with van der Waals surface area (Å²) in [5.41, 5.74) is 0. The smallest absolute Gasteiger partial charge is 0.129 e. The van der Waals surface area contributed by atoms with Gasteiger partial charge in [-0.05, 0) is 26.2 Å². The molecule has 0 aliphatic heterocycles. The summed E-state index contributed by atoms with van der Waals surface area (Å²) in [5.74, 6) is 0.272. The second-order valence-corrected chi connectivity index (χ2v) is 6.70. The van der Waals surface area contributed by atoms with E-state index in [0.29, 0.717) is 12.8 Å². The summed E-state index contributed by atoms with van der Waals surface area (Å²) < 4.78 is 0. The van der Waals surface area contributed by atoms with Crippen molar-refractivity contribution in [3.05, 3.63) is 0 Å². The molecule has 0 bridgehead atoms.